The highest BCUT2D eigenvalue weighted by atomic mass is 19.3. The maximum atomic E-state index is 13.2. The Morgan fingerprint density at radius 2 is 2.14 bits per heavy atom. The lowest BCUT2D eigenvalue weighted by molar-refractivity contribution is -0.117. The van der Waals surface area contributed by atoms with Gasteiger partial charge < -0.3 is 10.0 Å². The van der Waals surface area contributed by atoms with E-state index in [9.17, 15) is 8.78 Å². The smallest absolute Gasteiger partial charge is 0.274 e. The van der Waals surface area contributed by atoms with E-state index in [-0.39, 0.29) is 0 Å². The maximum Gasteiger partial charge on any atom is 0.274 e. The van der Waals surface area contributed by atoms with E-state index in [0.717, 1.165) is 13.0 Å². The van der Waals surface area contributed by atoms with Crippen molar-refractivity contribution >= 4 is 0 Å². The first kappa shape index (κ1) is 11.9. The van der Waals surface area contributed by atoms with Crippen LogP contribution in [0.25, 0.3) is 0 Å². The molecule has 84 valence electrons. The van der Waals surface area contributed by atoms with Gasteiger partial charge in [-0.25, -0.2) is 8.78 Å². The Bertz CT molecular complexity index is 185. The van der Waals surface area contributed by atoms with Crippen molar-refractivity contribution in [2.45, 2.75) is 38.7 Å². The lowest BCUT2D eigenvalue weighted by Gasteiger charge is -2.38. The van der Waals surface area contributed by atoms with Crippen LogP contribution < -0.4 is 0 Å². The van der Waals surface area contributed by atoms with Gasteiger partial charge in [0.1, 0.15) is 6.61 Å². The van der Waals surface area contributed by atoms with Crippen LogP contribution in [0.1, 0.15) is 26.7 Å². The largest absolute Gasteiger partial charge is 0.390 e. The molecule has 1 atom stereocenters. The number of nitrogens with zero attached hydrogens (tertiary/aromatic N) is 1. The molecule has 0 aromatic heterocycles. The third kappa shape index (κ3) is 2.64. The van der Waals surface area contributed by atoms with E-state index >= 15 is 0 Å². The molecule has 0 aromatic rings. The molecule has 2 nitrogen and oxygen atoms in total. The summed E-state index contributed by atoms with van der Waals surface area (Å²) in [5.74, 6) is -3.59. The van der Waals surface area contributed by atoms with E-state index in [0.29, 0.717) is 19.0 Å². The van der Waals surface area contributed by atoms with Crippen LogP contribution in [-0.2, 0) is 0 Å². The molecule has 0 amide bonds. The van der Waals surface area contributed by atoms with Crippen LogP contribution in [-0.4, -0.2) is 41.7 Å². The first-order valence-electron chi connectivity index (χ1n) is 5.20. The quantitative estimate of drug-likeness (QED) is 0.762. The molecule has 0 bridgehead atoms. The van der Waals surface area contributed by atoms with Crippen LogP contribution in [0.15, 0.2) is 0 Å². The van der Waals surface area contributed by atoms with Crippen LogP contribution in [0.4, 0.5) is 8.78 Å². The zero-order valence-electron chi connectivity index (χ0n) is 8.84. The fourth-order valence-electron chi connectivity index (χ4n) is 1.95. The number of halogens is 2. The molecule has 1 rings (SSSR count). The van der Waals surface area contributed by atoms with E-state index in [1.807, 2.05) is 13.8 Å². The highest BCUT2D eigenvalue weighted by Gasteiger charge is 2.41. The van der Waals surface area contributed by atoms with Crippen molar-refractivity contribution in [2.24, 2.45) is 5.92 Å². The van der Waals surface area contributed by atoms with Gasteiger partial charge in [-0.05, 0) is 33.2 Å². The van der Waals surface area contributed by atoms with Crippen molar-refractivity contribution in [1.29, 1.82) is 0 Å². The zero-order chi connectivity index (χ0) is 10.8. The first-order valence-corrected chi connectivity index (χ1v) is 5.20. The number of aliphatic hydroxyl groups excluding tert-OH is 1. The van der Waals surface area contributed by atoms with Crippen molar-refractivity contribution in [3.63, 3.8) is 0 Å². The van der Waals surface area contributed by atoms with E-state index in [1.54, 1.807) is 0 Å². The van der Waals surface area contributed by atoms with Crippen molar-refractivity contribution in [3.05, 3.63) is 0 Å². The molecule has 1 saturated heterocycles. The van der Waals surface area contributed by atoms with Crippen molar-refractivity contribution in [3.8, 4) is 0 Å². The van der Waals surface area contributed by atoms with Gasteiger partial charge in [-0.3, -0.25) is 0 Å². The number of piperidine rings is 1. The van der Waals surface area contributed by atoms with Crippen molar-refractivity contribution in [1.82, 2.24) is 4.90 Å². The van der Waals surface area contributed by atoms with Crippen molar-refractivity contribution in [2.75, 3.05) is 19.7 Å². The van der Waals surface area contributed by atoms with E-state index in [2.05, 4.69) is 4.90 Å². The van der Waals surface area contributed by atoms with Crippen LogP contribution >= 0.6 is 0 Å². The van der Waals surface area contributed by atoms with Crippen molar-refractivity contribution < 1.29 is 13.9 Å². The highest BCUT2D eigenvalue weighted by molar-refractivity contribution is 4.84. The standard InChI is InChI=1S/C10H19F2NO/c1-8(2)13-5-3-4-9(6-13)10(11,12)7-14/h8-9,14H,3-7H2,1-2H3. The van der Waals surface area contributed by atoms with Gasteiger partial charge in [0.25, 0.3) is 5.92 Å². The number of rotatable bonds is 3. The summed E-state index contributed by atoms with van der Waals surface area (Å²) in [7, 11) is 0. The molecule has 0 aliphatic carbocycles. The summed E-state index contributed by atoms with van der Waals surface area (Å²) in [6, 6.07) is 0.312. The maximum absolute atomic E-state index is 13.2. The number of alkyl halides is 2. The Labute approximate surface area is 83.9 Å². The Hall–Kier alpha value is -0.220. The molecule has 4 heteroatoms. The van der Waals surface area contributed by atoms with E-state index in [1.165, 1.54) is 0 Å². The van der Waals surface area contributed by atoms with E-state index < -0.39 is 18.4 Å². The molecular weight excluding hydrogens is 188 g/mol. The molecule has 1 fully saturated rings. The molecule has 1 N–H and O–H groups in total. The topological polar surface area (TPSA) is 23.5 Å². The fourth-order valence-corrected chi connectivity index (χ4v) is 1.95. The third-order valence-corrected chi connectivity index (χ3v) is 2.99. The van der Waals surface area contributed by atoms with Gasteiger partial charge in [0.2, 0.25) is 0 Å². The Morgan fingerprint density at radius 3 is 2.64 bits per heavy atom. The second-order valence-corrected chi connectivity index (χ2v) is 4.35. The Balaban J connectivity index is 2.56. The number of hydrogen-bond donors (Lipinski definition) is 1. The molecule has 14 heavy (non-hydrogen) atoms. The molecule has 1 aliphatic heterocycles. The van der Waals surface area contributed by atoms with Crippen LogP contribution in [0.3, 0.4) is 0 Å². The summed E-state index contributed by atoms with van der Waals surface area (Å²) in [6.07, 6.45) is 1.33. The van der Waals surface area contributed by atoms with Gasteiger partial charge in [-0.1, -0.05) is 0 Å². The van der Waals surface area contributed by atoms with Gasteiger partial charge >= 0.3 is 0 Å². The number of likely N-dealkylation sites (tertiary alicyclic amines) is 1. The highest BCUT2D eigenvalue weighted by Crippen LogP contribution is 2.32. The minimum absolute atomic E-state index is 0.312. The van der Waals surface area contributed by atoms with Crippen LogP contribution in [0.5, 0.6) is 0 Å². The summed E-state index contributed by atoms with van der Waals surface area (Å²) in [6.45, 7) is 4.31. The molecule has 0 saturated carbocycles. The van der Waals surface area contributed by atoms with Gasteiger partial charge in [-0.2, -0.15) is 0 Å². The summed E-state index contributed by atoms with van der Waals surface area (Å²) < 4.78 is 26.4. The molecule has 1 heterocycles. The Kier molecular flexibility index (Phi) is 3.84. The molecule has 0 spiro atoms. The van der Waals surface area contributed by atoms with Gasteiger partial charge in [0, 0.05) is 18.5 Å². The molecule has 1 unspecified atom stereocenters. The normalized spacial score (nSPS) is 25.7. The lowest BCUT2D eigenvalue weighted by Crippen LogP contribution is -2.47. The van der Waals surface area contributed by atoms with Crippen LogP contribution in [0.2, 0.25) is 0 Å². The summed E-state index contributed by atoms with van der Waals surface area (Å²) in [4.78, 5) is 2.05. The Morgan fingerprint density at radius 1 is 1.50 bits per heavy atom. The third-order valence-electron chi connectivity index (χ3n) is 2.99. The monoisotopic (exact) mass is 207 g/mol. The summed E-state index contributed by atoms with van der Waals surface area (Å²) in [5, 5.41) is 8.60. The van der Waals surface area contributed by atoms with Gasteiger partial charge in [0.15, 0.2) is 0 Å². The SMILES string of the molecule is CC(C)N1CCCC(C(F)(F)CO)C1. The average molecular weight is 207 g/mol. The van der Waals surface area contributed by atoms with Gasteiger partial charge in [-0.15, -0.1) is 0 Å². The zero-order valence-corrected chi connectivity index (χ0v) is 8.84. The first-order chi connectivity index (χ1) is 6.47. The average Bonchev–Trinajstić information content (AvgIpc) is 2.18. The molecule has 1 aliphatic rings. The second-order valence-electron chi connectivity index (χ2n) is 4.35. The number of hydrogen-bond acceptors (Lipinski definition) is 2. The van der Waals surface area contributed by atoms with Crippen LogP contribution in [0, 0.1) is 5.92 Å². The predicted molar refractivity (Wildman–Crippen MR) is 51.5 cm³/mol. The minimum Gasteiger partial charge on any atom is -0.390 e. The fraction of sp³-hybridized carbons (Fsp3) is 1.00. The lowest BCUT2D eigenvalue weighted by atomic mass is 9.91. The summed E-state index contributed by atoms with van der Waals surface area (Å²) in [5.41, 5.74) is 0. The summed E-state index contributed by atoms with van der Waals surface area (Å²) >= 11 is 0. The van der Waals surface area contributed by atoms with Gasteiger partial charge in [0.05, 0.1) is 0 Å². The molecule has 0 aromatic carbocycles. The number of aliphatic hydroxyl groups is 1. The minimum atomic E-state index is -2.91. The molecular formula is C10H19F2NO. The predicted octanol–water partition coefficient (Wildman–Crippen LogP) is 1.73. The molecule has 0 radical (unpaired) electrons. The van der Waals surface area contributed by atoms with E-state index in [4.69, 9.17) is 5.11 Å². The second kappa shape index (κ2) is 4.53.